The topological polar surface area (TPSA) is 52.3 Å². The van der Waals surface area contributed by atoms with E-state index in [1.807, 2.05) is 0 Å². The molecule has 0 radical (unpaired) electrons. The van der Waals surface area contributed by atoms with Crippen LogP contribution in [0.3, 0.4) is 0 Å². The highest BCUT2D eigenvalue weighted by Gasteiger charge is 2.33. The molecule has 0 bridgehead atoms. The zero-order valence-corrected chi connectivity index (χ0v) is 12.9. The Kier molecular flexibility index (Phi) is 7.44. The molecule has 1 rings (SSSR count). The van der Waals surface area contributed by atoms with Crippen LogP contribution in [0, 0.1) is 17.8 Å². The highest BCUT2D eigenvalue weighted by molar-refractivity contribution is 5.69. The van der Waals surface area contributed by atoms with E-state index in [1.54, 1.807) is 0 Å². The molecule has 0 aromatic heterocycles. The van der Waals surface area contributed by atoms with E-state index in [-0.39, 0.29) is 12.1 Å². The molecule has 0 heterocycles. The highest BCUT2D eigenvalue weighted by Crippen LogP contribution is 2.35. The average Bonchev–Trinajstić information content (AvgIpc) is 2.34. The lowest BCUT2D eigenvalue weighted by atomic mass is 9.75. The van der Waals surface area contributed by atoms with Gasteiger partial charge in [-0.3, -0.25) is 4.79 Å². The molecule has 112 valence electrons. The van der Waals surface area contributed by atoms with Gasteiger partial charge in [-0.1, -0.05) is 33.6 Å². The van der Waals surface area contributed by atoms with Crippen LogP contribution in [0.4, 0.5) is 0 Å². The van der Waals surface area contributed by atoms with Gasteiger partial charge in [-0.15, -0.1) is 0 Å². The SMILES string of the molecule is CC(C)[C@@H]1CC[C@@H](C)C[C@H]1OC(=O)CCCCCN. The Labute approximate surface area is 118 Å². The van der Waals surface area contributed by atoms with Crippen LogP contribution in [0.15, 0.2) is 0 Å². The summed E-state index contributed by atoms with van der Waals surface area (Å²) in [5.41, 5.74) is 5.45. The van der Waals surface area contributed by atoms with Gasteiger partial charge in [0.1, 0.15) is 6.10 Å². The maximum absolute atomic E-state index is 11.9. The van der Waals surface area contributed by atoms with Crippen LogP contribution in [0.5, 0.6) is 0 Å². The summed E-state index contributed by atoms with van der Waals surface area (Å²) in [5.74, 6) is 1.82. The highest BCUT2D eigenvalue weighted by atomic mass is 16.5. The number of hydrogen-bond acceptors (Lipinski definition) is 3. The van der Waals surface area contributed by atoms with Crippen molar-refractivity contribution in [1.82, 2.24) is 0 Å². The van der Waals surface area contributed by atoms with Gasteiger partial charge in [-0.2, -0.15) is 0 Å². The number of rotatable bonds is 7. The van der Waals surface area contributed by atoms with E-state index in [1.165, 1.54) is 12.8 Å². The maximum atomic E-state index is 11.9. The molecule has 19 heavy (non-hydrogen) atoms. The first-order valence-corrected chi connectivity index (χ1v) is 7.94. The number of esters is 1. The monoisotopic (exact) mass is 269 g/mol. The van der Waals surface area contributed by atoms with Crippen molar-refractivity contribution in [2.45, 2.75) is 71.8 Å². The minimum atomic E-state index is -0.0122. The zero-order chi connectivity index (χ0) is 14.3. The molecule has 0 saturated heterocycles. The Hall–Kier alpha value is -0.570. The van der Waals surface area contributed by atoms with Gasteiger partial charge in [-0.05, 0) is 50.0 Å². The smallest absolute Gasteiger partial charge is 0.306 e. The fourth-order valence-corrected chi connectivity index (χ4v) is 3.07. The molecule has 1 saturated carbocycles. The minimum Gasteiger partial charge on any atom is -0.462 e. The van der Waals surface area contributed by atoms with Crippen molar-refractivity contribution in [3.63, 3.8) is 0 Å². The number of unbranched alkanes of at least 4 members (excludes halogenated alkanes) is 2. The molecule has 1 fully saturated rings. The third kappa shape index (κ3) is 5.94. The van der Waals surface area contributed by atoms with Gasteiger partial charge in [-0.25, -0.2) is 0 Å². The van der Waals surface area contributed by atoms with Crippen molar-refractivity contribution in [3.05, 3.63) is 0 Å². The lowest BCUT2D eigenvalue weighted by molar-refractivity contribution is -0.156. The summed E-state index contributed by atoms with van der Waals surface area (Å²) in [6.07, 6.45) is 7.14. The van der Waals surface area contributed by atoms with Crippen molar-refractivity contribution >= 4 is 5.97 Å². The Morgan fingerprint density at radius 1 is 1.26 bits per heavy atom. The Balaban J connectivity index is 2.36. The van der Waals surface area contributed by atoms with Crippen molar-refractivity contribution < 1.29 is 9.53 Å². The van der Waals surface area contributed by atoms with Crippen LogP contribution in [-0.2, 0) is 9.53 Å². The van der Waals surface area contributed by atoms with Crippen LogP contribution in [0.2, 0.25) is 0 Å². The van der Waals surface area contributed by atoms with Crippen LogP contribution in [-0.4, -0.2) is 18.6 Å². The predicted molar refractivity (Wildman–Crippen MR) is 78.7 cm³/mol. The molecule has 0 amide bonds. The summed E-state index contributed by atoms with van der Waals surface area (Å²) in [5, 5.41) is 0. The lowest BCUT2D eigenvalue weighted by Gasteiger charge is -2.36. The largest absolute Gasteiger partial charge is 0.462 e. The number of carbonyl (C=O) groups excluding carboxylic acids is 1. The molecule has 3 heteroatoms. The molecular formula is C16H31NO2. The fraction of sp³-hybridized carbons (Fsp3) is 0.938. The second-order valence-corrected chi connectivity index (χ2v) is 6.45. The zero-order valence-electron chi connectivity index (χ0n) is 12.9. The van der Waals surface area contributed by atoms with E-state index in [9.17, 15) is 4.79 Å². The van der Waals surface area contributed by atoms with Crippen LogP contribution < -0.4 is 5.73 Å². The quantitative estimate of drug-likeness (QED) is 0.568. The third-order valence-electron chi connectivity index (χ3n) is 4.33. The summed E-state index contributed by atoms with van der Waals surface area (Å²) in [7, 11) is 0. The second kappa shape index (κ2) is 8.57. The average molecular weight is 269 g/mol. The molecule has 0 aromatic carbocycles. The van der Waals surface area contributed by atoms with Gasteiger partial charge >= 0.3 is 5.97 Å². The van der Waals surface area contributed by atoms with E-state index in [4.69, 9.17) is 10.5 Å². The van der Waals surface area contributed by atoms with Crippen LogP contribution in [0.1, 0.15) is 65.7 Å². The third-order valence-corrected chi connectivity index (χ3v) is 4.33. The Morgan fingerprint density at radius 2 is 2.00 bits per heavy atom. The van der Waals surface area contributed by atoms with Gasteiger partial charge in [0.15, 0.2) is 0 Å². The normalized spacial score (nSPS) is 27.5. The van der Waals surface area contributed by atoms with Gasteiger partial charge in [0.25, 0.3) is 0 Å². The van der Waals surface area contributed by atoms with Gasteiger partial charge in [0.05, 0.1) is 0 Å². The van der Waals surface area contributed by atoms with E-state index in [0.29, 0.717) is 30.7 Å². The number of carbonyl (C=O) groups is 1. The number of ether oxygens (including phenoxy) is 1. The van der Waals surface area contributed by atoms with Crippen molar-refractivity contribution in [3.8, 4) is 0 Å². The molecule has 0 spiro atoms. The van der Waals surface area contributed by atoms with Crippen molar-refractivity contribution in [2.75, 3.05) is 6.54 Å². The molecule has 0 aliphatic heterocycles. The Bertz CT molecular complexity index is 265. The molecule has 2 N–H and O–H groups in total. The number of hydrogen-bond donors (Lipinski definition) is 1. The Morgan fingerprint density at radius 3 is 2.63 bits per heavy atom. The summed E-state index contributed by atoms with van der Waals surface area (Å²) in [6.45, 7) is 7.45. The molecule has 3 nitrogen and oxygen atoms in total. The summed E-state index contributed by atoms with van der Waals surface area (Å²) >= 11 is 0. The predicted octanol–water partition coefficient (Wildman–Crippen LogP) is 3.51. The second-order valence-electron chi connectivity index (χ2n) is 6.45. The van der Waals surface area contributed by atoms with Gasteiger partial charge in [0, 0.05) is 6.42 Å². The summed E-state index contributed by atoms with van der Waals surface area (Å²) in [4.78, 5) is 11.9. The molecule has 1 aliphatic carbocycles. The van der Waals surface area contributed by atoms with E-state index in [0.717, 1.165) is 25.7 Å². The maximum Gasteiger partial charge on any atom is 0.306 e. The first kappa shape index (κ1) is 16.5. The summed E-state index contributed by atoms with van der Waals surface area (Å²) in [6, 6.07) is 0. The molecular weight excluding hydrogens is 238 g/mol. The van der Waals surface area contributed by atoms with Crippen LogP contribution in [0.25, 0.3) is 0 Å². The molecule has 3 atom stereocenters. The minimum absolute atomic E-state index is 0.0122. The standard InChI is InChI=1S/C16H31NO2/c1-12(2)14-9-8-13(3)11-15(14)19-16(18)7-5-4-6-10-17/h12-15H,4-11,17H2,1-3H3/t13-,14+,15-/m1/s1. The van der Waals surface area contributed by atoms with Crippen LogP contribution >= 0.6 is 0 Å². The van der Waals surface area contributed by atoms with Gasteiger partial charge < -0.3 is 10.5 Å². The fourth-order valence-electron chi connectivity index (χ4n) is 3.07. The van der Waals surface area contributed by atoms with E-state index >= 15 is 0 Å². The summed E-state index contributed by atoms with van der Waals surface area (Å²) < 4.78 is 5.75. The molecule has 0 aromatic rings. The first-order chi connectivity index (χ1) is 9.04. The van der Waals surface area contributed by atoms with E-state index < -0.39 is 0 Å². The van der Waals surface area contributed by atoms with E-state index in [2.05, 4.69) is 20.8 Å². The molecule has 0 unspecified atom stereocenters. The van der Waals surface area contributed by atoms with Crippen molar-refractivity contribution in [2.24, 2.45) is 23.5 Å². The van der Waals surface area contributed by atoms with Gasteiger partial charge in [0.2, 0.25) is 0 Å². The van der Waals surface area contributed by atoms with Crippen molar-refractivity contribution in [1.29, 1.82) is 0 Å². The molecule has 1 aliphatic rings. The number of nitrogens with two attached hydrogens (primary N) is 1. The first-order valence-electron chi connectivity index (χ1n) is 7.94. The lowest BCUT2D eigenvalue weighted by Crippen LogP contribution is -2.35.